The molecule has 5 aliphatic rings. The predicted octanol–water partition coefficient (Wildman–Crippen LogP) is 1.21. The lowest BCUT2D eigenvalue weighted by atomic mass is 9.98. The molecular formula is C26H38N4O11S. The number of fused-ring (bicyclic) bond motifs is 3. The van der Waals surface area contributed by atoms with Gasteiger partial charge in [0.15, 0.2) is 11.6 Å². The molecule has 0 radical (unpaired) electrons. The van der Waals surface area contributed by atoms with Crippen LogP contribution in [0.25, 0.3) is 0 Å². The van der Waals surface area contributed by atoms with Crippen LogP contribution in [-0.2, 0) is 42.9 Å². The molecular weight excluding hydrogens is 576 g/mol. The third-order valence-electron chi connectivity index (χ3n) is 8.11. The molecule has 5 heterocycles. The number of benzene rings is 1. The number of hydrogen-bond acceptors (Lipinski definition) is 13. The van der Waals surface area contributed by atoms with Crippen LogP contribution < -0.4 is 9.80 Å². The van der Waals surface area contributed by atoms with Crippen LogP contribution in [0.4, 0.5) is 17.1 Å². The number of morpholine rings is 1. The number of nitro benzene ring substituents is 1. The monoisotopic (exact) mass is 614 g/mol. The molecule has 6 rings (SSSR count). The van der Waals surface area contributed by atoms with Crippen molar-refractivity contribution in [3.63, 3.8) is 0 Å². The lowest BCUT2D eigenvalue weighted by Gasteiger charge is -2.41. The minimum absolute atomic E-state index is 0.0311. The third kappa shape index (κ3) is 5.71. The van der Waals surface area contributed by atoms with E-state index in [9.17, 15) is 18.5 Å². The first-order valence-corrected chi connectivity index (χ1v) is 15.5. The van der Waals surface area contributed by atoms with E-state index in [-0.39, 0.29) is 36.4 Å². The molecule has 1 aromatic carbocycles. The molecule has 5 aliphatic heterocycles. The van der Waals surface area contributed by atoms with Crippen LogP contribution in [0.2, 0.25) is 0 Å². The Hall–Kier alpha value is -2.15. The maximum Gasteiger partial charge on any atom is 0.338 e. The molecule has 0 amide bonds. The van der Waals surface area contributed by atoms with E-state index < -0.39 is 46.5 Å². The summed E-state index contributed by atoms with van der Waals surface area (Å²) in [7, 11) is -4.15. The van der Waals surface area contributed by atoms with Gasteiger partial charge in [0.05, 0.1) is 24.7 Å². The third-order valence-corrected chi connectivity index (χ3v) is 9.52. The SMILES string of the molecule is CC1(C)O[C@@H]2[C@@H](CO[C@@]3(COS(=O)(=O)N4CCN(c5ccc([N+](=O)[O-])c(N6CCOCC6)c5)CC4)OC(C)(C)O[C@@H]23)O1. The fraction of sp³-hybridized carbons (Fsp3) is 0.769. The molecule has 0 bridgehead atoms. The maximum atomic E-state index is 13.3. The zero-order valence-corrected chi connectivity index (χ0v) is 25.0. The van der Waals surface area contributed by atoms with Crippen molar-refractivity contribution < 1.29 is 45.9 Å². The minimum Gasteiger partial charge on any atom is -0.378 e. The lowest BCUT2D eigenvalue weighted by Crippen LogP contribution is -2.61. The maximum absolute atomic E-state index is 13.3. The van der Waals surface area contributed by atoms with E-state index in [1.165, 1.54) is 10.4 Å². The summed E-state index contributed by atoms with van der Waals surface area (Å²) in [4.78, 5) is 15.2. The van der Waals surface area contributed by atoms with Crippen LogP contribution in [-0.4, -0.2) is 119 Å². The minimum atomic E-state index is -4.15. The van der Waals surface area contributed by atoms with E-state index in [1.807, 2.05) is 9.80 Å². The number of nitro groups is 1. The number of anilines is 2. The van der Waals surface area contributed by atoms with Crippen LogP contribution >= 0.6 is 0 Å². The van der Waals surface area contributed by atoms with Crippen LogP contribution in [0, 0.1) is 10.1 Å². The quantitative estimate of drug-likeness (QED) is 0.320. The smallest absolute Gasteiger partial charge is 0.338 e. The van der Waals surface area contributed by atoms with Crippen molar-refractivity contribution in [1.82, 2.24) is 4.31 Å². The molecule has 42 heavy (non-hydrogen) atoms. The van der Waals surface area contributed by atoms with E-state index >= 15 is 0 Å². The Morgan fingerprint density at radius 1 is 0.976 bits per heavy atom. The van der Waals surface area contributed by atoms with Gasteiger partial charge < -0.3 is 38.2 Å². The average Bonchev–Trinajstić information content (AvgIpc) is 3.43. The zero-order valence-electron chi connectivity index (χ0n) is 24.2. The molecule has 5 saturated heterocycles. The molecule has 0 aliphatic carbocycles. The summed E-state index contributed by atoms with van der Waals surface area (Å²) in [5, 5.41) is 11.7. The van der Waals surface area contributed by atoms with E-state index in [0.29, 0.717) is 45.1 Å². The van der Waals surface area contributed by atoms with E-state index in [1.54, 1.807) is 39.8 Å². The molecule has 0 spiro atoms. The van der Waals surface area contributed by atoms with Crippen molar-refractivity contribution in [2.45, 2.75) is 63.4 Å². The van der Waals surface area contributed by atoms with Gasteiger partial charge in [0.25, 0.3) is 5.69 Å². The van der Waals surface area contributed by atoms with Crippen LogP contribution in [0.15, 0.2) is 18.2 Å². The molecule has 0 saturated carbocycles. The number of piperazine rings is 1. The summed E-state index contributed by atoms with van der Waals surface area (Å²) in [5.74, 6) is -3.39. The van der Waals surface area contributed by atoms with Gasteiger partial charge in [-0.1, -0.05) is 0 Å². The number of rotatable bonds is 7. The van der Waals surface area contributed by atoms with Gasteiger partial charge in [0.1, 0.15) is 30.6 Å². The van der Waals surface area contributed by atoms with Crippen molar-refractivity contribution in [3.05, 3.63) is 28.3 Å². The Kier molecular flexibility index (Phi) is 7.68. The summed E-state index contributed by atoms with van der Waals surface area (Å²) in [6.45, 7) is 9.98. The van der Waals surface area contributed by atoms with Crippen molar-refractivity contribution in [3.8, 4) is 0 Å². The summed E-state index contributed by atoms with van der Waals surface area (Å²) >= 11 is 0. The Balaban J connectivity index is 1.11. The van der Waals surface area contributed by atoms with Gasteiger partial charge in [-0.05, 0) is 39.8 Å². The molecule has 0 N–H and O–H groups in total. The highest BCUT2D eigenvalue weighted by Gasteiger charge is 2.66. The van der Waals surface area contributed by atoms with Gasteiger partial charge in [-0.25, -0.2) is 0 Å². The largest absolute Gasteiger partial charge is 0.378 e. The van der Waals surface area contributed by atoms with Crippen LogP contribution in [0.1, 0.15) is 27.7 Å². The highest BCUT2D eigenvalue weighted by molar-refractivity contribution is 7.84. The van der Waals surface area contributed by atoms with Gasteiger partial charge in [-0.3, -0.25) is 14.3 Å². The second kappa shape index (κ2) is 10.8. The fourth-order valence-electron chi connectivity index (χ4n) is 6.27. The Labute approximate surface area is 244 Å². The second-order valence-corrected chi connectivity index (χ2v) is 13.5. The fourth-order valence-corrected chi connectivity index (χ4v) is 7.34. The summed E-state index contributed by atoms with van der Waals surface area (Å²) in [5.41, 5.74) is 1.35. The predicted molar refractivity (Wildman–Crippen MR) is 147 cm³/mol. The first-order chi connectivity index (χ1) is 19.8. The van der Waals surface area contributed by atoms with Crippen molar-refractivity contribution in [1.29, 1.82) is 0 Å². The zero-order chi connectivity index (χ0) is 29.9. The van der Waals surface area contributed by atoms with Crippen LogP contribution in [0.5, 0.6) is 0 Å². The Bertz CT molecular complexity index is 1300. The summed E-state index contributed by atoms with van der Waals surface area (Å²) in [6.07, 6.45) is -1.67. The molecule has 4 atom stereocenters. The molecule has 1 aromatic rings. The normalized spacial score (nSPS) is 32.9. The lowest BCUT2D eigenvalue weighted by molar-refractivity contribution is -0.384. The van der Waals surface area contributed by atoms with Gasteiger partial charge in [-0.2, -0.15) is 12.7 Å². The van der Waals surface area contributed by atoms with Gasteiger partial charge in [0.2, 0.25) is 5.79 Å². The first kappa shape index (κ1) is 29.9. The van der Waals surface area contributed by atoms with Crippen molar-refractivity contribution in [2.24, 2.45) is 0 Å². The summed E-state index contributed by atoms with van der Waals surface area (Å²) < 4.78 is 69.1. The van der Waals surface area contributed by atoms with E-state index in [0.717, 1.165) is 5.69 Å². The standard InChI is InChI=1S/C26H38N4O11S/c1-24(2)38-21-16-36-26(23(22(21)39-24)40-25(3,4)41-26)17-37-42(33,34)29-9-7-27(8-10-29)18-5-6-19(30(31)32)20(15-18)28-11-13-35-14-12-28/h5-6,15,21-23H,7-14,16-17H2,1-4H3/t21-,22-,23+,26+/m1/s1. The van der Waals surface area contributed by atoms with E-state index in [4.69, 9.17) is 32.6 Å². The molecule has 234 valence electrons. The Morgan fingerprint density at radius 3 is 2.38 bits per heavy atom. The van der Waals surface area contributed by atoms with Gasteiger partial charge in [-0.15, -0.1) is 0 Å². The van der Waals surface area contributed by atoms with E-state index in [2.05, 4.69) is 0 Å². The first-order valence-electron chi connectivity index (χ1n) is 14.2. The Morgan fingerprint density at radius 2 is 1.69 bits per heavy atom. The van der Waals surface area contributed by atoms with Gasteiger partial charge >= 0.3 is 10.3 Å². The highest BCUT2D eigenvalue weighted by Crippen LogP contribution is 2.47. The topological polar surface area (TPSA) is 152 Å². The molecule has 15 nitrogen and oxygen atoms in total. The van der Waals surface area contributed by atoms with Crippen molar-refractivity contribution in [2.75, 3.05) is 75.5 Å². The van der Waals surface area contributed by atoms with Crippen molar-refractivity contribution >= 4 is 27.4 Å². The molecule has 5 fully saturated rings. The number of hydrogen-bond donors (Lipinski definition) is 0. The summed E-state index contributed by atoms with van der Waals surface area (Å²) in [6, 6.07) is 5.00. The van der Waals surface area contributed by atoms with Crippen LogP contribution in [0.3, 0.4) is 0 Å². The van der Waals surface area contributed by atoms with Gasteiger partial charge in [0, 0.05) is 51.0 Å². The molecule has 16 heteroatoms. The number of nitrogens with zero attached hydrogens (tertiary/aromatic N) is 4. The second-order valence-electron chi connectivity index (χ2n) is 11.9. The highest BCUT2D eigenvalue weighted by atomic mass is 32.2. The molecule has 0 aromatic heterocycles. The number of ether oxygens (including phenoxy) is 6. The average molecular weight is 615 g/mol. The molecule has 0 unspecified atom stereocenters.